The van der Waals surface area contributed by atoms with Crippen molar-refractivity contribution in [2.75, 3.05) is 13.2 Å². The minimum Gasteiger partial charge on any atom is -0.481 e. The number of halogens is 1. The van der Waals surface area contributed by atoms with E-state index >= 15 is 0 Å². The van der Waals surface area contributed by atoms with Crippen LogP contribution < -0.4 is 10.3 Å². The predicted molar refractivity (Wildman–Crippen MR) is 141 cm³/mol. The van der Waals surface area contributed by atoms with Gasteiger partial charge in [-0.15, -0.1) is 0 Å². The largest absolute Gasteiger partial charge is 0.481 e. The Bertz CT molecular complexity index is 1480. The number of rotatable bonds is 8. The first kappa shape index (κ1) is 24.6. The summed E-state index contributed by atoms with van der Waals surface area (Å²) in [6.07, 6.45) is 2.40. The van der Waals surface area contributed by atoms with Gasteiger partial charge in [0.05, 0.1) is 23.7 Å². The van der Waals surface area contributed by atoms with Crippen molar-refractivity contribution in [3.05, 3.63) is 80.8 Å². The number of nitrogens with zero attached hydrogens (tertiary/aromatic N) is 3. The first-order valence-corrected chi connectivity index (χ1v) is 12.3. The Morgan fingerprint density at radius 1 is 1.14 bits per heavy atom. The fourth-order valence-corrected chi connectivity index (χ4v) is 4.13. The predicted octanol–water partition coefficient (Wildman–Crippen LogP) is 5.65. The van der Waals surface area contributed by atoms with E-state index in [1.54, 1.807) is 25.3 Å². The van der Waals surface area contributed by atoms with Gasteiger partial charge < -0.3 is 9.47 Å². The van der Waals surface area contributed by atoms with Crippen LogP contribution in [0.5, 0.6) is 5.75 Å². The molecule has 0 aliphatic carbocycles. The summed E-state index contributed by atoms with van der Waals surface area (Å²) in [5.41, 5.74) is 1.03. The molecule has 0 N–H and O–H groups in total. The van der Waals surface area contributed by atoms with Gasteiger partial charge in [-0.1, -0.05) is 60.1 Å². The van der Waals surface area contributed by atoms with Crippen molar-refractivity contribution in [3.63, 3.8) is 0 Å². The summed E-state index contributed by atoms with van der Waals surface area (Å²) in [6, 6.07) is 16.9. The quantitative estimate of drug-likeness (QED) is 0.215. The molecule has 8 heteroatoms. The van der Waals surface area contributed by atoms with Gasteiger partial charge in [0.15, 0.2) is 6.61 Å². The zero-order valence-electron chi connectivity index (χ0n) is 19.8. The van der Waals surface area contributed by atoms with Crippen molar-refractivity contribution >= 4 is 49.8 Å². The summed E-state index contributed by atoms with van der Waals surface area (Å²) in [4.78, 5) is 30.1. The maximum atomic E-state index is 13.5. The molecule has 0 fully saturated rings. The van der Waals surface area contributed by atoms with E-state index in [1.807, 2.05) is 56.3 Å². The Morgan fingerprint density at radius 3 is 2.71 bits per heavy atom. The monoisotopic (exact) mass is 535 g/mol. The lowest BCUT2D eigenvalue weighted by Crippen LogP contribution is -2.23. The number of carbonyl (C=O) groups is 1. The molecule has 180 valence electrons. The molecule has 1 heterocycles. The lowest BCUT2D eigenvalue weighted by molar-refractivity contribution is -0.145. The zero-order chi connectivity index (χ0) is 24.9. The average molecular weight is 536 g/mol. The second kappa shape index (κ2) is 10.8. The Hall–Kier alpha value is -3.52. The smallest absolute Gasteiger partial charge is 0.344 e. The van der Waals surface area contributed by atoms with Crippen LogP contribution in [0.3, 0.4) is 0 Å². The second-order valence-corrected chi connectivity index (χ2v) is 9.01. The van der Waals surface area contributed by atoms with Crippen molar-refractivity contribution in [2.24, 2.45) is 5.10 Å². The van der Waals surface area contributed by atoms with E-state index in [0.29, 0.717) is 28.0 Å². The molecule has 0 radical (unpaired) electrons. The molecular weight excluding hydrogens is 510 g/mol. The summed E-state index contributed by atoms with van der Waals surface area (Å²) in [5, 5.41) is 6.94. The molecule has 1 atom stereocenters. The van der Waals surface area contributed by atoms with Gasteiger partial charge in [0.25, 0.3) is 5.56 Å². The first-order valence-electron chi connectivity index (χ1n) is 11.5. The van der Waals surface area contributed by atoms with Crippen molar-refractivity contribution in [3.8, 4) is 5.75 Å². The fourth-order valence-electron chi connectivity index (χ4n) is 3.77. The third-order valence-corrected chi connectivity index (χ3v) is 6.26. The Morgan fingerprint density at radius 2 is 1.94 bits per heavy atom. The summed E-state index contributed by atoms with van der Waals surface area (Å²) >= 11 is 3.44. The molecule has 0 saturated heterocycles. The maximum absolute atomic E-state index is 13.5. The molecule has 4 aromatic rings. The SMILES string of the molecule is CCOC(=O)COc1ccc2ccccc2c1C=Nn1c([C@H](C)CC)nc2ccc(Br)cc2c1=O. The third-order valence-electron chi connectivity index (χ3n) is 5.77. The Balaban J connectivity index is 1.86. The molecular formula is C27H26BrN3O4. The van der Waals surface area contributed by atoms with Crippen molar-refractivity contribution in [1.29, 1.82) is 0 Å². The first-order chi connectivity index (χ1) is 16.9. The van der Waals surface area contributed by atoms with Crippen molar-refractivity contribution in [1.82, 2.24) is 9.66 Å². The number of hydrogen-bond acceptors (Lipinski definition) is 6. The molecule has 0 saturated carbocycles. The average Bonchev–Trinajstić information content (AvgIpc) is 2.87. The zero-order valence-corrected chi connectivity index (χ0v) is 21.4. The standard InChI is InChI=1S/C27H26BrN3O4/c1-4-17(3)26-30-23-12-11-19(28)14-21(23)27(33)31(26)29-15-22-20-9-7-6-8-18(20)10-13-24(22)35-16-25(32)34-5-2/h6-15,17H,4-5,16H2,1-3H3/t17-/m1/s1. The molecule has 4 rings (SSSR count). The van der Waals surface area contributed by atoms with E-state index in [9.17, 15) is 9.59 Å². The lowest BCUT2D eigenvalue weighted by atomic mass is 10.0. The molecule has 1 aromatic heterocycles. The highest BCUT2D eigenvalue weighted by atomic mass is 79.9. The number of benzene rings is 3. The minimum atomic E-state index is -0.455. The van der Waals surface area contributed by atoms with Gasteiger partial charge in [-0.2, -0.15) is 9.78 Å². The highest BCUT2D eigenvalue weighted by Gasteiger charge is 2.16. The van der Waals surface area contributed by atoms with E-state index in [1.165, 1.54) is 4.68 Å². The number of ether oxygens (including phenoxy) is 2. The molecule has 0 aliphatic heterocycles. The number of fused-ring (bicyclic) bond motifs is 2. The summed E-state index contributed by atoms with van der Waals surface area (Å²) in [7, 11) is 0. The fraction of sp³-hybridized carbons (Fsp3) is 0.259. The number of aromatic nitrogens is 2. The highest BCUT2D eigenvalue weighted by Crippen LogP contribution is 2.27. The summed E-state index contributed by atoms with van der Waals surface area (Å²) in [6.45, 7) is 5.86. The van der Waals surface area contributed by atoms with Crippen molar-refractivity contribution < 1.29 is 14.3 Å². The van der Waals surface area contributed by atoms with Gasteiger partial charge in [0, 0.05) is 16.0 Å². The van der Waals surface area contributed by atoms with E-state index in [2.05, 4.69) is 21.0 Å². The van der Waals surface area contributed by atoms with Crippen LogP contribution in [-0.4, -0.2) is 35.1 Å². The number of hydrogen-bond donors (Lipinski definition) is 0. The van der Waals surface area contributed by atoms with Gasteiger partial charge in [0.1, 0.15) is 11.6 Å². The molecule has 0 amide bonds. The molecule has 3 aromatic carbocycles. The van der Waals surface area contributed by atoms with Crippen LogP contribution in [0.1, 0.15) is 44.5 Å². The maximum Gasteiger partial charge on any atom is 0.344 e. The Labute approximate surface area is 211 Å². The van der Waals surface area contributed by atoms with Crippen LogP contribution in [0.15, 0.2) is 69.0 Å². The van der Waals surface area contributed by atoms with E-state index in [-0.39, 0.29) is 24.7 Å². The van der Waals surface area contributed by atoms with Gasteiger partial charge >= 0.3 is 5.97 Å². The van der Waals surface area contributed by atoms with E-state index in [4.69, 9.17) is 14.5 Å². The Kier molecular flexibility index (Phi) is 7.60. The van der Waals surface area contributed by atoms with Crippen LogP contribution in [0.25, 0.3) is 21.7 Å². The normalized spacial score (nSPS) is 12.3. The molecule has 35 heavy (non-hydrogen) atoms. The molecule has 0 unspecified atom stereocenters. The summed E-state index contributed by atoms with van der Waals surface area (Å²) in [5.74, 6) is 0.607. The topological polar surface area (TPSA) is 82.8 Å². The molecule has 0 spiro atoms. The minimum absolute atomic E-state index is 0.0138. The van der Waals surface area contributed by atoms with Crippen LogP contribution in [0, 0.1) is 0 Å². The van der Waals surface area contributed by atoms with Gasteiger partial charge in [0.2, 0.25) is 0 Å². The van der Waals surface area contributed by atoms with Gasteiger partial charge in [-0.3, -0.25) is 4.79 Å². The second-order valence-electron chi connectivity index (χ2n) is 8.09. The number of esters is 1. The van der Waals surface area contributed by atoms with Crippen LogP contribution in [-0.2, 0) is 9.53 Å². The van der Waals surface area contributed by atoms with Crippen LogP contribution in [0.2, 0.25) is 0 Å². The third kappa shape index (κ3) is 5.27. The van der Waals surface area contributed by atoms with Crippen LogP contribution >= 0.6 is 15.9 Å². The van der Waals surface area contributed by atoms with E-state index < -0.39 is 5.97 Å². The van der Waals surface area contributed by atoms with Crippen LogP contribution in [0.4, 0.5) is 0 Å². The molecule has 0 bridgehead atoms. The van der Waals surface area contributed by atoms with Gasteiger partial charge in [-0.05, 0) is 48.4 Å². The lowest BCUT2D eigenvalue weighted by Gasteiger charge is -2.15. The number of carbonyl (C=O) groups excluding carboxylic acids is 1. The highest BCUT2D eigenvalue weighted by molar-refractivity contribution is 9.10. The van der Waals surface area contributed by atoms with Crippen molar-refractivity contribution in [2.45, 2.75) is 33.1 Å². The molecule has 0 aliphatic rings. The summed E-state index contributed by atoms with van der Waals surface area (Å²) < 4.78 is 12.9. The van der Waals surface area contributed by atoms with E-state index in [0.717, 1.165) is 21.7 Å². The molecule has 7 nitrogen and oxygen atoms in total. The van der Waals surface area contributed by atoms with Gasteiger partial charge in [-0.25, -0.2) is 9.78 Å².